The second kappa shape index (κ2) is 12.9. The maximum atomic E-state index is 11.7. The zero-order valence-electron chi connectivity index (χ0n) is 30.8. The SMILES string of the molecule is CC1(C)c2ccccc2-c2ccc(N(c3ccc(-c4ccccc4)cc3)c3ccc(-c4ccc5c(c4)c4ccccc4n5-c4cccc(C=O)c4)cc3)cc21. The van der Waals surface area contributed by atoms with Crippen LogP contribution in [-0.2, 0) is 5.41 Å². The van der Waals surface area contributed by atoms with E-state index in [-0.39, 0.29) is 5.41 Å². The average Bonchev–Trinajstić information content (AvgIpc) is 3.69. The highest BCUT2D eigenvalue weighted by Crippen LogP contribution is 2.50. The molecule has 3 nitrogen and oxygen atoms in total. The van der Waals surface area contributed by atoms with Crippen LogP contribution in [-0.4, -0.2) is 10.9 Å². The Hall–Kier alpha value is -6.97. The van der Waals surface area contributed by atoms with Gasteiger partial charge in [-0.2, -0.15) is 0 Å². The molecule has 3 heteroatoms. The van der Waals surface area contributed by atoms with Crippen LogP contribution in [0.1, 0.15) is 35.3 Å². The lowest BCUT2D eigenvalue weighted by Crippen LogP contribution is -2.16. The minimum Gasteiger partial charge on any atom is -0.310 e. The maximum absolute atomic E-state index is 11.7. The molecule has 0 spiro atoms. The summed E-state index contributed by atoms with van der Waals surface area (Å²) in [6.45, 7) is 4.68. The fourth-order valence-electron chi connectivity index (χ4n) is 8.68. The molecule has 0 aliphatic heterocycles. The molecule has 0 unspecified atom stereocenters. The molecular formula is C52H38N2O. The first-order valence-corrected chi connectivity index (χ1v) is 18.9. The lowest BCUT2D eigenvalue weighted by Gasteiger charge is -2.28. The standard InChI is InChI=1S/C52H38N2O/c1-52(2)48-17-8-6-15-44(48)45-29-28-43(33-49(45)52)53(40-24-19-37(20-25-40)36-12-4-3-5-13-36)41-26-21-38(22-27-41)39-23-30-51-47(32-39)46-16-7-9-18-50(46)54(51)42-14-10-11-35(31-42)34-55/h3-34H,1-2H3. The highest BCUT2D eigenvalue weighted by atomic mass is 16.1. The van der Waals surface area contributed by atoms with Crippen LogP contribution < -0.4 is 4.90 Å². The summed E-state index contributed by atoms with van der Waals surface area (Å²) in [6.07, 6.45) is 0.907. The Kier molecular flexibility index (Phi) is 7.64. The van der Waals surface area contributed by atoms with Crippen LogP contribution in [0.4, 0.5) is 17.1 Å². The predicted octanol–water partition coefficient (Wildman–Crippen LogP) is 13.7. The third kappa shape index (κ3) is 5.39. The van der Waals surface area contributed by atoms with Crippen molar-refractivity contribution in [2.75, 3.05) is 4.90 Å². The second-order valence-electron chi connectivity index (χ2n) is 15.0. The van der Waals surface area contributed by atoms with Crippen molar-refractivity contribution in [1.82, 2.24) is 4.57 Å². The molecule has 8 aromatic carbocycles. The number of carbonyl (C=O) groups excluding carboxylic acids is 1. The summed E-state index contributed by atoms with van der Waals surface area (Å²) in [5.74, 6) is 0. The fourth-order valence-corrected chi connectivity index (χ4v) is 8.68. The Labute approximate surface area is 321 Å². The molecule has 9 aromatic rings. The van der Waals surface area contributed by atoms with Crippen LogP contribution in [0.5, 0.6) is 0 Å². The van der Waals surface area contributed by atoms with E-state index in [0.29, 0.717) is 5.56 Å². The number of benzene rings is 8. The topological polar surface area (TPSA) is 25.2 Å². The van der Waals surface area contributed by atoms with Gasteiger partial charge in [0.25, 0.3) is 0 Å². The minimum absolute atomic E-state index is 0.103. The molecule has 55 heavy (non-hydrogen) atoms. The van der Waals surface area contributed by atoms with Gasteiger partial charge in [-0.1, -0.05) is 135 Å². The van der Waals surface area contributed by atoms with Gasteiger partial charge in [0.05, 0.1) is 11.0 Å². The van der Waals surface area contributed by atoms with Crippen LogP contribution in [0, 0.1) is 0 Å². The molecular weight excluding hydrogens is 669 g/mol. The van der Waals surface area contributed by atoms with Crippen molar-refractivity contribution in [3.05, 3.63) is 205 Å². The number of para-hydroxylation sites is 1. The van der Waals surface area contributed by atoms with Gasteiger partial charge in [0.1, 0.15) is 6.29 Å². The Morgan fingerprint density at radius 3 is 1.82 bits per heavy atom. The van der Waals surface area contributed by atoms with Gasteiger partial charge in [-0.05, 0) is 111 Å². The third-order valence-corrected chi connectivity index (χ3v) is 11.5. The summed E-state index contributed by atoms with van der Waals surface area (Å²) in [6, 6.07) is 67.2. The molecule has 0 amide bonds. The number of aromatic nitrogens is 1. The van der Waals surface area contributed by atoms with E-state index in [2.05, 4.69) is 193 Å². The van der Waals surface area contributed by atoms with Gasteiger partial charge in [-0.15, -0.1) is 0 Å². The summed E-state index contributed by atoms with van der Waals surface area (Å²) in [7, 11) is 0. The summed E-state index contributed by atoms with van der Waals surface area (Å²) < 4.78 is 2.25. The molecule has 0 bridgehead atoms. The van der Waals surface area contributed by atoms with Gasteiger partial charge in [0, 0.05) is 44.5 Å². The lowest BCUT2D eigenvalue weighted by molar-refractivity contribution is 0.112. The minimum atomic E-state index is -0.103. The van der Waals surface area contributed by atoms with Crippen LogP contribution in [0.25, 0.3) is 60.9 Å². The first kappa shape index (κ1) is 32.7. The normalized spacial score (nSPS) is 12.8. The average molecular weight is 707 g/mol. The Balaban J connectivity index is 1.07. The zero-order chi connectivity index (χ0) is 37.1. The van der Waals surface area contributed by atoms with Gasteiger partial charge >= 0.3 is 0 Å². The van der Waals surface area contributed by atoms with E-state index in [0.717, 1.165) is 51.2 Å². The van der Waals surface area contributed by atoms with Crippen molar-refractivity contribution in [2.45, 2.75) is 19.3 Å². The number of carbonyl (C=O) groups is 1. The molecule has 262 valence electrons. The molecule has 0 N–H and O–H groups in total. The largest absolute Gasteiger partial charge is 0.310 e. The quantitative estimate of drug-likeness (QED) is 0.154. The lowest BCUT2D eigenvalue weighted by atomic mass is 9.82. The van der Waals surface area contributed by atoms with Crippen molar-refractivity contribution in [1.29, 1.82) is 0 Å². The second-order valence-corrected chi connectivity index (χ2v) is 15.0. The predicted molar refractivity (Wildman–Crippen MR) is 229 cm³/mol. The van der Waals surface area contributed by atoms with Gasteiger partial charge < -0.3 is 9.47 Å². The zero-order valence-corrected chi connectivity index (χ0v) is 30.8. The van der Waals surface area contributed by atoms with E-state index in [4.69, 9.17) is 0 Å². The first-order valence-electron chi connectivity index (χ1n) is 18.9. The number of hydrogen-bond donors (Lipinski definition) is 0. The molecule has 1 aromatic heterocycles. The third-order valence-electron chi connectivity index (χ3n) is 11.5. The maximum Gasteiger partial charge on any atom is 0.150 e. The summed E-state index contributed by atoms with van der Waals surface area (Å²) in [4.78, 5) is 14.0. The number of nitrogens with zero attached hydrogens (tertiary/aromatic N) is 2. The highest BCUT2D eigenvalue weighted by molar-refractivity contribution is 6.10. The first-order chi connectivity index (χ1) is 27.0. The van der Waals surface area contributed by atoms with E-state index in [1.54, 1.807) is 0 Å². The molecule has 0 atom stereocenters. The molecule has 1 aliphatic rings. The number of fused-ring (bicyclic) bond motifs is 6. The van der Waals surface area contributed by atoms with E-state index >= 15 is 0 Å². The molecule has 0 saturated carbocycles. The smallest absolute Gasteiger partial charge is 0.150 e. The molecule has 1 aliphatic carbocycles. The van der Waals surface area contributed by atoms with Crippen molar-refractivity contribution in [2.24, 2.45) is 0 Å². The van der Waals surface area contributed by atoms with Crippen molar-refractivity contribution in [3.63, 3.8) is 0 Å². The molecule has 0 radical (unpaired) electrons. The fraction of sp³-hybridized carbons (Fsp3) is 0.0577. The highest BCUT2D eigenvalue weighted by Gasteiger charge is 2.35. The summed E-state index contributed by atoms with van der Waals surface area (Å²) >= 11 is 0. The van der Waals surface area contributed by atoms with Gasteiger partial charge in [-0.3, -0.25) is 4.79 Å². The van der Waals surface area contributed by atoms with Crippen LogP contribution in [0.2, 0.25) is 0 Å². The van der Waals surface area contributed by atoms with Gasteiger partial charge in [0.15, 0.2) is 0 Å². The number of anilines is 3. The van der Waals surface area contributed by atoms with Crippen molar-refractivity contribution < 1.29 is 4.79 Å². The monoisotopic (exact) mass is 706 g/mol. The Morgan fingerprint density at radius 1 is 0.455 bits per heavy atom. The molecule has 1 heterocycles. The van der Waals surface area contributed by atoms with Crippen LogP contribution >= 0.6 is 0 Å². The van der Waals surface area contributed by atoms with E-state index in [9.17, 15) is 4.79 Å². The van der Waals surface area contributed by atoms with E-state index in [1.165, 1.54) is 44.2 Å². The van der Waals surface area contributed by atoms with Crippen LogP contribution in [0.15, 0.2) is 188 Å². The number of rotatable bonds is 7. The molecule has 0 fully saturated rings. The van der Waals surface area contributed by atoms with E-state index < -0.39 is 0 Å². The summed E-state index contributed by atoms with van der Waals surface area (Å²) in [5.41, 5.74) is 17.1. The molecule has 0 saturated heterocycles. The van der Waals surface area contributed by atoms with Crippen molar-refractivity contribution >= 4 is 45.2 Å². The van der Waals surface area contributed by atoms with Gasteiger partial charge in [0.2, 0.25) is 0 Å². The van der Waals surface area contributed by atoms with E-state index in [1.807, 2.05) is 18.2 Å². The number of hydrogen-bond acceptors (Lipinski definition) is 2. The summed E-state index contributed by atoms with van der Waals surface area (Å²) in [5, 5.41) is 2.36. The Bertz CT molecular complexity index is 2900. The number of aldehydes is 1. The Morgan fingerprint density at radius 2 is 1.05 bits per heavy atom. The molecule has 10 rings (SSSR count). The van der Waals surface area contributed by atoms with Crippen molar-refractivity contribution in [3.8, 4) is 39.1 Å². The van der Waals surface area contributed by atoms with Gasteiger partial charge in [-0.25, -0.2) is 0 Å². The van der Waals surface area contributed by atoms with Crippen LogP contribution in [0.3, 0.4) is 0 Å².